The van der Waals surface area contributed by atoms with E-state index in [0.29, 0.717) is 0 Å². The van der Waals surface area contributed by atoms with Gasteiger partial charge in [-0.1, -0.05) is 42.5 Å². The molecule has 0 aliphatic carbocycles. The molecule has 0 spiro atoms. The number of para-hydroxylation sites is 1. The summed E-state index contributed by atoms with van der Waals surface area (Å²) >= 11 is 0. The summed E-state index contributed by atoms with van der Waals surface area (Å²) in [4.78, 5) is 0. The van der Waals surface area contributed by atoms with E-state index in [9.17, 15) is 5.21 Å². The van der Waals surface area contributed by atoms with Gasteiger partial charge in [-0.25, -0.2) is 0 Å². The van der Waals surface area contributed by atoms with Gasteiger partial charge in [-0.3, -0.25) is 0 Å². The molecule has 0 aliphatic rings. The van der Waals surface area contributed by atoms with Crippen molar-refractivity contribution in [1.82, 2.24) is 4.65 Å². The van der Waals surface area contributed by atoms with E-state index in [0.717, 1.165) is 16.8 Å². The van der Waals surface area contributed by atoms with Gasteiger partial charge in [-0.15, -0.1) is 0 Å². The largest absolute Gasteiger partial charge is 0.628 e. The average Bonchev–Trinajstić information content (AvgIpc) is 2.29. The first-order valence-electron chi connectivity index (χ1n) is 5.29. The lowest BCUT2D eigenvalue weighted by Gasteiger charge is -2.34. The minimum atomic E-state index is -0.412. The Morgan fingerprint density at radius 3 is 2.00 bits per heavy atom. The Bertz CT molecular complexity index is 472. The Balaban J connectivity index is 2.58. The monoisotopic (exact) mass is 213 g/mol. The molecule has 0 radical (unpaired) electrons. The fourth-order valence-electron chi connectivity index (χ4n) is 1.81. The highest BCUT2D eigenvalue weighted by Gasteiger charge is 2.14. The zero-order chi connectivity index (χ0) is 11.6. The molecular formula is C14H15NO. The van der Waals surface area contributed by atoms with Crippen LogP contribution in [0.4, 0.5) is 5.69 Å². The molecule has 0 heterocycles. The van der Waals surface area contributed by atoms with Gasteiger partial charge in [0.2, 0.25) is 0 Å². The first-order valence-corrected chi connectivity index (χ1v) is 5.29. The number of rotatable bonds is 2. The van der Waals surface area contributed by atoms with Crippen molar-refractivity contribution in [3.05, 3.63) is 59.8 Å². The van der Waals surface area contributed by atoms with E-state index in [1.165, 1.54) is 0 Å². The SMILES string of the molecule is C[N+](C)([O-])c1ccccc1-c1ccccc1. The second-order valence-electron chi connectivity index (χ2n) is 4.23. The van der Waals surface area contributed by atoms with Gasteiger partial charge in [0.1, 0.15) is 5.69 Å². The van der Waals surface area contributed by atoms with Crippen LogP contribution in [-0.2, 0) is 0 Å². The van der Waals surface area contributed by atoms with Gasteiger partial charge < -0.3 is 9.85 Å². The highest BCUT2D eigenvalue weighted by molar-refractivity contribution is 5.77. The van der Waals surface area contributed by atoms with Crippen molar-refractivity contribution in [1.29, 1.82) is 0 Å². The Morgan fingerprint density at radius 2 is 1.38 bits per heavy atom. The summed E-state index contributed by atoms with van der Waals surface area (Å²) in [5, 5.41) is 12.0. The molecule has 0 fully saturated rings. The standard InChI is InChI=1S/C14H15NO/c1-15(2,16)14-11-7-6-10-13(14)12-8-4-3-5-9-12/h3-11H,1-2H3. The van der Waals surface area contributed by atoms with Crippen molar-refractivity contribution in [2.24, 2.45) is 0 Å². The first-order chi connectivity index (χ1) is 7.59. The highest BCUT2D eigenvalue weighted by Crippen LogP contribution is 2.32. The number of hydrogen-bond donors (Lipinski definition) is 0. The second-order valence-corrected chi connectivity index (χ2v) is 4.23. The number of nitrogens with zero attached hydrogens (tertiary/aromatic N) is 1. The fraction of sp³-hybridized carbons (Fsp3) is 0.143. The van der Waals surface area contributed by atoms with Crippen molar-refractivity contribution in [2.45, 2.75) is 0 Å². The molecule has 2 aromatic rings. The van der Waals surface area contributed by atoms with Crippen LogP contribution in [0.1, 0.15) is 0 Å². The zero-order valence-corrected chi connectivity index (χ0v) is 9.55. The summed E-state index contributed by atoms with van der Waals surface area (Å²) in [7, 11) is 3.28. The van der Waals surface area contributed by atoms with Crippen LogP contribution in [-0.4, -0.2) is 14.1 Å². The van der Waals surface area contributed by atoms with Gasteiger partial charge in [0.25, 0.3) is 0 Å². The molecule has 0 amide bonds. The quantitative estimate of drug-likeness (QED) is 0.553. The average molecular weight is 213 g/mol. The molecule has 2 nitrogen and oxygen atoms in total. The third-order valence-electron chi connectivity index (χ3n) is 2.57. The highest BCUT2D eigenvalue weighted by atomic mass is 16.5. The maximum absolute atomic E-state index is 12.0. The first kappa shape index (κ1) is 10.9. The molecule has 2 aromatic carbocycles. The van der Waals surface area contributed by atoms with Crippen LogP contribution in [0.2, 0.25) is 0 Å². The maximum atomic E-state index is 12.0. The Labute approximate surface area is 95.9 Å². The van der Waals surface area contributed by atoms with Gasteiger partial charge in [0.15, 0.2) is 0 Å². The lowest BCUT2D eigenvalue weighted by atomic mass is 10.0. The molecule has 2 heteroatoms. The Kier molecular flexibility index (Phi) is 2.77. The molecule has 0 saturated carbocycles. The van der Waals surface area contributed by atoms with Crippen molar-refractivity contribution in [3.63, 3.8) is 0 Å². The summed E-state index contributed by atoms with van der Waals surface area (Å²) in [6.45, 7) is 0. The van der Waals surface area contributed by atoms with E-state index < -0.39 is 4.65 Å². The van der Waals surface area contributed by atoms with E-state index in [4.69, 9.17) is 0 Å². The molecule has 0 bridgehead atoms. The molecule has 0 N–H and O–H groups in total. The second kappa shape index (κ2) is 4.08. The fourth-order valence-corrected chi connectivity index (χ4v) is 1.81. The Hall–Kier alpha value is -1.64. The van der Waals surface area contributed by atoms with E-state index >= 15 is 0 Å². The van der Waals surface area contributed by atoms with E-state index in [1.54, 1.807) is 14.1 Å². The summed E-state index contributed by atoms with van der Waals surface area (Å²) in [5.74, 6) is 0. The van der Waals surface area contributed by atoms with Crippen LogP contribution < -0.4 is 4.65 Å². The molecule has 2 rings (SSSR count). The smallest absolute Gasteiger partial charge is 0.140 e. The third kappa shape index (κ3) is 2.13. The minimum Gasteiger partial charge on any atom is -0.628 e. The van der Waals surface area contributed by atoms with Crippen molar-refractivity contribution >= 4 is 5.69 Å². The van der Waals surface area contributed by atoms with E-state index in [-0.39, 0.29) is 0 Å². The summed E-state index contributed by atoms with van der Waals surface area (Å²) in [6.07, 6.45) is 0. The van der Waals surface area contributed by atoms with Crippen LogP contribution in [0.3, 0.4) is 0 Å². The molecule has 0 aliphatic heterocycles. The molecule has 0 saturated heterocycles. The summed E-state index contributed by atoms with van der Waals surface area (Å²) in [6, 6.07) is 17.7. The van der Waals surface area contributed by atoms with Gasteiger partial charge in [-0.2, -0.15) is 0 Å². The third-order valence-corrected chi connectivity index (χ3v) is 2.57. The van der Waals surface area contributed by atoms with Crippen LogP contribution >= 0.6 is 0 Å². The molecule has 0 aromatic heterocycles. The predicted octanol–water partition coefficient (Wildman–Crippen LogP) is 3.42. The van der Waals surface area contributed by atoms with Gasteiger partial charge in [0, 0.05) is 11.6 Å². The van der Waals surface area contributed by atoms with E-state index in [1.807, 2.05) is 54.6 Å². The minimum absolute atomic E-state index is 0.412. The van der Waals surface area contributed by atoms with Crippen molar-refractivity contribution < 1.29 is 0 Å². The number of quaternary nitrogens is 1. The van der Waals surface area contributed by atoms with Gasteiger partial charge in [-0.05, 0) is 11.6 Å². The molecular weight excluding hydrogens is 198 g/mol. The maximum Gasteiger partial charge on any atom is 0.140 e. The van der Waals surface area contributed by atoms with Crippen LogP contribution in [0, 0.1) is 5.21 Å². The lowest BCUT2D eigenvalue weighted by molar-refractivity contribution is 0.544. The molecule has 0 unspecified atom stereocenters. The van der Waals surface area contributed by atoms with Crippen molar-refractivity contribution in [3.8, 4) is 11.1 Å². The summed E-state index contributed by atoms with van der Waals surface area (Å²) in [5.41, 5.74) is 2.87. The molecule has 82 valence electrons. The number of hydrogen-bond acceptors (Lipinski definition) is 1. The summed E-state index contributed by atoms with van der Waals surface area (Å²) < 4.78 is -0.412. The lowest BCUT2D eigenvalue weighted by Crippen LogP contribution is -2.32. The van der Waals surface area contributed by atoms with Crippen LogP contribution in [0.25, 0.3) is 11.1 Å². The van der Waals surface area contributed by atoms with Crippen LogP contribution in [0.5, 0.6) is 0 Å². The normalized spacial score (nSPS) is 11.4. The number of hydroxylamine groups is 2. The van der Waals surface area contributed by atoms with E-state index in [2.05, 4.69) is 0 Å². The number of benzene rings is 2. The topological polar surface area (TPSA) is 23.1 Å². The zero-order valence-electron chi connectivity index (χ0n) is 9.55. The van der Waals surface area contributed by atoms with Gasteiger partial charge >= 0.3 is 0 Å². The molecule has 16 heavy (non-hydrogen) atoms. The van der Waals surface area contributed by atoms with Gasteiger partial charge in [0.05, 0.1) is 14.1 Å². The van der Waals surface area contributed by atoms with Crippen LogP contribution in [0.15, 0.2) is 54.6 Å². The van der Waals surface area contributed by atoms with Crippen molar-refractivity contribution in [2.75, 3.05) is 14.1 Å². The Morgan fingerprint density at radius 1 is 0.812 bits per heavy atom. The molecule has 0 atom stereocenters. The predicted molar refractivity (Wildman–Crippen MR) is 68.9 cm³/mol.